The van der Waals surface area contributed by atoms with Crippen molar-refractivity contribution in [3.63, 3.8) is 0 Å². The molecule has 1 amide bonds. The molecular weight excluding hydrogens is 280 g/mol. The van der Waals surface area contributed by atoms with E-state index in [1.54, 1.807) is 7.05 Å². The zero-order chi connectivity index (χ0) is 16.3. The van der Waals surface area contributed by atoms with E-state index in [0.717, 1.165) is 16.5 Å². The quantitative estimate of drug-likeness (QED) is 0.916. The molecule has 0 radical (unpaired) electrons. The Kier molecular flexibility index (Phi) is 5.11. The van der Waals surface area contributed by atoms with Crippen molar-refractivity contribution in [2.24, 2.45) is 0 Å². The SMILES string of the molecule is COCC(O)CN(C)C(=O)c1cc2cc(C)ccc2nc1C. The summed E-state index contributed by atoms with van der Waals surface area (Å²) >= 11 is 0. The van der Waals surface area contributed by atoms with Crippen molar-refractivity contribution in [2.45, 2.75) is 20.0 Å². The van der Waals surface area contributed by atoms with Crippen LogP contribution in [0.5, 0.6) is 0 Å². The molecule has 5 heteroatoms. The summed E-state index contributed by atoms with van der Waals surface area (Å²) in [5.74, 6) is -0.149. The third kappa shape index (κ3) is 3.61. The van der Waals surface area contributed by atoms with Crippen molar-refractivity contribution in [3.8, 4) is 0 Å². The maximum atomic E-state index is 12.6. The van der Waals surface area contributed by atoms with Crippen LogP contribution in [0.15, 0.2) is 24.3 Å². The summed E-state index contributed by atoms with van der Waals surface area (Å²) in [6, 6.07) is 7.84. The Morgan fingerprint density at radius 1 is 1.36 bits per heavy atom. The number of hydrogen-bond donors (Lipinski definition) is 1. The van der Waals surface area contributed by atoms with Crippen LogP contribution < -0.4 is 0 Å². The standard InChI is InChI=1S/C17H22N2O3/c1-11-5-6-16-13(7-11)8-15(12(2)18-16)17(21)19(3)9-14(20)10-22-4/h5-8,14,20H,9-10H2,1-4H3. The molecule has 1 N–H and O–H groups in total. The summed E-state index contributed by atoms with van der Waals surface area (Å²) in [7, 11) is 3.19. The minimum absolute atomic E-state index is 0.149. The van der Waals surface area contributed by atoms with Crippen molar-refractivity contribution >= 4 is 16.8 Å². The molecular formula is C17H22N2O3. The molecule has 2 rings (SSSR count). The first-order chi connectivity index (χ1) is 10.4. The molecule has 0 fully saturated rings. The van der Waals surface area contributed by atoms with Gasteiger partial charge in [-0.1, -0.05) is 11.6 Å². The zero-order valence-corrected chi connectivity index (χ0v) is 13.5. The van der Waals surface area contributed by atoms with Crippen LogP contribution in [0, 0.1) is 13.8 Å². The summed E-state index contributed by atoms with van der Waals surface area (Å²) in [6.07, 6.45) is -0.699. The number of aliphatic hydroxyl groups excluding tert-OH is 1. The van der Waals surface area contributed by atoms with Crippen molar-refractivity contribution in [3.05, 3.63) is 41.1 Å². The van der Waals surface area contributed by atoms with Crippen LogP contribution in [0.25, 0.3) is 10.9 Å². The lowest BCUT2D eigenvalue weighted by Crippen LogP contribution is -2.36. The molecule has 0 bridgehead atoms. The maximum Gasteiger partial charge on any atom is 0.255 e. The summed E-state index contributed by atoms with van der Waals surface area (Å²) in [5, 5.41) is 10.7. The number of fused-ring (bicyclic) bond motifs is 1. The van der Waals surface area contributed by atoms with Gasteiger partial charge in [0, 0.05) is 26.1 Å². The third-order valence-corrected chi connectivity index (χ3v) is 3.58. The van der Waals surface area contributed by atoms with Crippen molar-refractivity contribution < 1.29 is 14.6 Å². The first-order valence-corrected chi connectivity index (χ1v) is 7.23. The number of amides is 1. The highest BCUT2D eigenvalue weighted by molar-refractivity contribution is 5.98. The Balaban J connectivity index is 2.28. The highest BCUT2D eigenvalue weighted by Crippen LogP contribution is 2.19. The van der Waals surface area contributed by atoms with Crippen LogP contribution in [0.4, 0.5) is 0 Å². The minimum atomic E-state index is -0.699. The first-order valence-electron chi connectivity index (χ1n) is 7.23. The Morgan fingerprint density at radius 2 is 2.09 bits per heavy atom. The van der Waals surface area contributed by atoms with E-state index < -0.39 is 6.10 Å². The highest BCUT2D eigenvalue weighted by atomic mass is 16.5. The molecule has 0 aliphatic rings. The number of nitrogens with zero attached hydrogens (tertiary/aromatic N) is 2. The Hall–Kier alpha value is -1.98. The lowest BCUT2D eigenvalue weighted by molar-refractivity contribution is 0.0380. The van der Waals surface area contributed by atoms with Crippen molar-refractivity contribution in [1.29, 1.82) is 0 Å². The average molecular weight is 302 g/mol. The fourth-order valence-corrected chi connectivity index (χ4v) is 2.46. The number of methoxy groups -OCH3 is 1. The van der Waals surface area contributed by atoms with E-state index in [9.17, 15) is 9.90 Å². The molecule has 2 aromatic rings. The van der Waals surface area contributed by atoms with Gasteiger partial charge in [0.05, 0.1) is 29.5 Å². The second-order valence-electron chi connectivity index (χ2n) is 5.61. The minimum Gasteiger partial charge on any atom is -0.389 e. The average Bonchev–Trinajstić information content (AvgIpc) is 2.46. The number of pyridine rings is 1. The normalized spacial score (nSPS) is 12.4. The van der Waals surface area contributed by atoms with E-state index >= 15 is 0 Å². The van der Waals surface area contributed by atoms with Crippen LogP contribution in [0.2, 0.25) is 0 Å². The fraction of sp³-hybridized carbons (Fsp3) is 0.412. The monoisotopic (exact) mass is 302 g/mol. The summed E-state index contributed by atoms with van der Waals surface area (Å²) in [5.41, 5.74) is 3.25. The van der Waals surface area contributed by atoms with E-state index in [0.29, 0.717) is 11.3 Å². The second kappa shape index (κ2) is 6.85. The molecule has 1 aromatic heterocycles. The molecule has 0 saturated carbocycles. The molecule has 22 heavy (non-hydrogen) atoms. The van der Waals surface area contributed by atoms with E-state index in [2.05, 4.69) is 4.98 Å². The van der Waals surface area contributed by atoms with Crippen LogP contribution in [-0.4, -0.2) is 54.3 Å². The topological polar surface area (TPSA) is 62.7 Å². The molecule has 5 nitrogen and oxygen atoms in total. The number of aryl methyl sites for hydroxylation is 2. The number of likely N-dealkylation sites (N-methyl/N-ethyl adjacent to an activating group) is 1. The highest BCUT2D eigenvalue weighted by Gasteiger charge is 2.18. The van der Waals surface area contributed by atoms with Gasteiger partial charge in [0.15, 0.2) is 0 Å². The number of ether oxygens (including phenoxy) is 1. The van der Waals surface area contributed by atoms with Gasteiger partial charge in [-0.3, -0.25) is 9.78 Å². The van der Waals surface area contributed by atoms with E-state index in [1.165, 1.54) is 12.0 Å². The van der Waals surface area contributed by atoms with Gasteiger partial charge >= 0.3 is 0 Å². The molecule has 0 aliphatic carbocycles. The van der Waals surface area contributed by atoms with Gasteiger partial charge in [0.1, 0.15) is 0 Å². The van der Waals surface area contributed by atoms with Gasteiger partial charge in [-0.25, -0.2) is 0 Å². The van der Waals surface area contributed by atoms with Gasteiger partial charge in [-0.05, 0) is 32.0 Å². The van der Waals surface area contributed by atoms with Gasteiger partial charge in [-0.15, -0.1) is 0 Å². The first kappa shape index (κ1) is 16.4. The number of hydrogen-bond acceptors (Lipinski definition) is 4. The fourth-order valence-electron chi connectivity index (χ4n) is 2.46. The molecule has 1 heterocycles. The molecule has 0 saturated heterocycles. The molecule has 1 unspecified atom stereocenters. The van der Waals surface area contributed by atoms with Crippen molar-refractivity contribution in [1.82, 2.24) is 9.88 Å². The Labute approximate surface area is 130 Å². The van der Waals surface area contributed by atoms with Crippen molar-refractivity contribution in [2.75, 3.05) is 27.3 Å². The summed E-state index contributed by atoms with van der Waals surface area (Å²) in [4.78, 5) is 18.6. The largest absolute Gasteiger partial charge is 0.389 e. The smallest absolute Gasteiger partial charge is 0.255 e. The predicted octanol–water partition coefficient (Wildman–Crippen LogP) is 1.93. The number of rotatable bonds is 5. The van der Waals surface area contributed by atoms with E-state index in [1.807, 2.05) is 38.1 Å². The van der Waals surface area contributed by atoms with Gasteiger partial charge < -0.3 is 14.7 Å². The maximum absolute atomic E-state index is 12.6. The third-order valence-electron chi connectivity index (χ3n) is 3.58. The van der Waals surface area contributed by atoms with E-state index in [-0.39, 0.29) is 19.1 Å². The number of aliphatic hydroxyl groups is 1. The molecule has 1 aromatic carbocycles. The number of benzene rings is 1. The lowest BCUT2D eigenvalue weighted by Gasteiger charge is -2.21. The molecule has 118 valence electrons. The van der Waals surface area contributed by atoms with Crippen LogP contribution in [0.1, 0.15) is 21.6 Å². The molecule has 0 aliphatic heterocycles. The van der Waals surface area contributed by atoms with Gasteiger partial charge in [-0.2, -0.15) is 0 Å². The molecule has 0 spiro atoms. The summed E-state index contributed by atoms with van der Waals surface area (Å²) < 4.78 is 4.88. The molecule has 1 atom stereocenters. The van der Waals surface area contributed by atoms with E-state index in [4.69, 9.17) is 4.74 Å². The number of carbonyl (C=O) groups excluding carboxylic acids is 1. The number of carbonyl (C=O) groups is 1. The predicted molar refractivity (Wildman–Crippen MR) is 86.1 cm³/mol. The van der Waals surface area contributed by atoms with Gasteiger partial charge in [0.2, 0.25) is 0 Å². The second-order valence-corrected chi connectivity index (χ2v) is 5.61. The lowest BCUT2D eigenvalue weighted by atomic mass is 10.1. The Morgan fingerprint density at radius 3 is 2.77 bits per heavy atom. The van der Waals surface area contributed by atoms with Gasteiger partial charge in [0.25, 0.3) is 5.91 Å². The Bertz CT molecular complexity index is 685. The zero-order valence-electron chi connectivity index (χ0n) is 13.5. The van der Waals surface area contributed by atoms with Crippen LogP contribution in [0.3, 0.4) is 0 Å². The number of aromatic nitrogens is 1. The van der Waals surface area contributed by atoms with Crippen LogP contribution in [-0.2, 0) is 4.74 Å². The van der Waals surface area contributed by atoms with Crippen LogP contribution >= 0.6 is 0 Å². The summed E-state index contributed by atoms with van der Waals surface area (Å²) in [6.45, 7) is 4.25.